The first-order valence-electron chi connectivity index (χ1n) is 12.6. The molecular formula is C28H26F3N5O3S. The van der Waals surface area contributed by atoms with Crippen molar-refractivity contribution in [2.75, 3.05) is 36.0 Å². The lowest BCUT2D eigenvalue weighted by Crippen LogP contribution is -2.49. The van der Waals surface area contributed by atoms with Crippen LogP contribution in [0.25, 0.3) is 0 Å². The van der Waals surface area contributed by atoms with Crippen molar-refractivity contribution in [2.45, 2.75) is 29.9 Å². The van der Waals surface area contributed by atoms with Crippen LogP contribution in [0.2, 0.25) is 0 Å². The first-order valence-corrected chi connectivity index (χ1v) is 13.5. The van der Waals surface area contributed by atoms with Gasteiger partial charge in [-0.15, -0.1) is 0 Å². The van der Waals surface area contributed by atoms with E-state index in [0.29, 0.717) is 37.3 Å². The molecule has 1 atom stereocenters. The van der Waals surface area contributed by atoms with Gasteiger partial charge in [0.2, 0.25) is 0 Å². The Kier molecular flexibility index (Phi) is 7.70. The molecule has 0 spiro atoms. The Hall–Kier alpha value is -4.06. The van der Waals surface area contributed by atoms with Gasteiger partial charge in [-0.05, 0) is 66.7 Å². The van der Waals surface area contributed by atoms with Crippen LogP contribution in [0.3, 0.4) is 0 Å². The topological polar surface area (TPSA) is 77.1 Å². The van der Waals surface area contributed by atoms with E-state index in [-0.39, 0.29) is 34.8 Å². The molecule has 0 radical (unpaired) electrons. The van der Waals surface area contributed by atoms with Crippen LogP contribution in [-0.4, -0.2) is 70.4 Å². The van der Waals surface area contributed by atoms with Crippen molar-refractivity contribution < 1.29 is 27.6 Å². The molecule has 0 aliphatic carbocycles. The van der Waals surface area contributed by atoms with Gasteiger partial charge < -0.3 is 14.7 Å². The Balaban J connectivity index is 1.29. The molecule has 2 aliphatic heterocycles. The molecule has 0 N–H and O–H groups in total. The van der Waals surface area contributed by atoms with Crippen LogP contribution in [0.4, 0.5) is 29.3 Å². The highest BCUT2D eigenvalue weighted by Gasteiger charge is 2.43. The maximum Gasteiger partial charge on any atom is 0.446 e. The van der Waals surface area contributed by atoms with Gasteiger partial charge in [-0.3, -0.25) is 14.6 Å². The quantitative estimate of drug-likeness (QED) is 0.307. The number of aromatic nitrogens is 1. The number of benzene rings is 2. The molecule has 4 amide bonds. The number of urea groups is 1. The van der Waals surface area contributed by atoms with Gasteiger partial charge in [0.1, 0.15) is 6.04 Å². The molecule has 0 saturated carbocycles. The standard InChI is InChI=1S/C28H26F3N5O3S/c1-19-25(37)36(22-7-9-23(10-8-22)40-28(29,30)31)27(39)35(19)18-20-11-12-32-17-24(20)26(38)34-15-13-33(14-16-34)21-5-3-2-4-6-21/h2-12,17,19H,13-16,18H2,1H3. The predicted octanol–water partition coefficient (Wildman–Crippen LogP) is 5.01. The molecule has 2 aliphatic rings. The number of hydrogen-bond donors (Lipinski definition) is 0. The molecule has 2 saturated heterocycles. The first-order chi connectivity index (χ1) is 19.1. The van der Waals surface area contributed by atoms with Crippen molar-refractivity contribution in [1.29, 1.82) is 0 Å². The summed E-state index contributed by atoms with van der Waals surface area (Å²) >= 11 is -0.272. The SMILES string of the molecule is CC1C(=O)N(c2ccc(SC(F)(F)F)cc2)C(=O)N1Cc1ccncc1C(=O)N1CCN(c2ccccc2)CC1. The van der Waals surface area contributed by atoms with E-state index in [4.69, 9.17) is 0 Å². The number of amides is 4. The van der Waals surface area contributed by atoms with E-state index in [1.807, 2.05) is 30.3 Å². The second-order valence-electron chi connectivity index (χ2n) is 9.45. The van der Waals surface area contributed by atoms with Crippen LogP contribution in [-0.2, 0) is 11.3 Å². The lowest BCUT2D eigenvalue weighted by molar-refractivity contribution is -0.119. The van der Waals surface area contributed by atoms with Crippen LogP contribution in [0.15, 0.2) is 78.0 Å². The number of alkyl halides is 3. The Labute approximate surface area is 233 Å². The second kappa shape index (κ2) is 11.2. The molecule has 5 rings (SSSR count). The predicted molar refractivity (Wildman–Crippen MR) is 145 cm³/mol. The number of pyridine rings is 1. The fourth-order valence-electron chi connectivity index (χ4n) is 4.86. The number of hydrogen-bond acceptors (Lipinski definition) is 6. The van der Waals surface area contributed by atoms with Crippen LogP contribution in [0.5, 0.6) is 0 Å². The Morgan fingerprint density at radius 3 is 2.27 bits per heavy atom. The molecule has 2 fully saturated rings. The minimum Gasteiger partial charge on any atom is -0.368 e. The number of anilines is 2. The minimum atomic E-state index is -4.44. The van der Waals surface area contributed by atoms with Crippen LogP contribution in [0, 0.1) is 0 Å². The highest BCUT2D eigenvalue weighted by atomic mass is 32.2. The normalized spacial score (nSPS) is 18.1. The monoisotopic (exact) mass is 569 g/mol. The smallest absolute Gasteiger partial charge is 0.368 e. The zero-order valence-electron chi connectivity index (χ0n) is 21.5. The highest BCUT2D eigenvalue weighted by Crippen LogP contribution is 2.38. The number of imide groups is 1. The third kappa shape index (κ3) is 5.76. The molecule has 0 bridgehead atoms. The fourth-order valence-corrected chi connectivity index (χ4v) is 5.40. The molecular weight excluding hydrogens is 543 g/mol. The molecule has 40 heavy (non-hydrogen) atoms. The van der Waals surface area contributed by atoms with E-state index in [1.54, 1.807) is 17.9 Å². The third-order valence-electron chi connectivity index (χ3n) is 6.98. The van der Waals surface area contributed by atoms with E-state index in [0.717, 1.165) is 10.6 Å². The molecule has 208 valence electrons. The zero-order valence-corrected chi connectivity index (χ0v) is 22.4. The number of piperazine rings is 1. The summed E-state index contributed by atoms with van der Waals surface area (Å²) in [7, 11) is 0. The Morgan fingerprint density at radius 1 is 0.950 bits per heavy atom. The van der Waals surface area contributed by atoms with Crippen LogP contribution < -0.4 is 9.80 Å². The lowest BCUT2D eigenvalue weighted by atomic mass is 10.1. The van der Waals surface area contributed by atoms with Crippen molar-refractivity contribution in [3.8, 4) is 0 Å². The maximum absolute atomic E-state index is 13.5. The van der Waals surface area contributed by atoms with Gasteiger partial charge in [0.05, 0.1) is 11.3 Å². The van der Waals surface area contributed by atoms with Gasteiger partial charge in [0.15, 0.2) is 0 Å². The number of halogens is 3. The summed E-state index contributed by atoms with van der Waals surface area (Å²) in [6, 6.07) is 15.3. The molecule has 8 nitrogen and oxygen atoms in total. The summed E-state index contributed by atoms with van der Waals surface area (Å²) in [5, 5.41) is 0. The molecule has 3 heterocycles. The van der Waals surface area contributed by atoms with Crippen LogP contribution in [0.1, 0.15) is 22.8 Å². The molecule has 2 aromatic carbocycles. The van der Waals surface area contributed by atoms with Gasteiger partial charge in [0.25, 0.3) is 11.8 Å². The van der Waals surface area contributed by atoms with Crippen LogP contribution >= 0.6 is 11.8 Å². The number of thioether (sulfide) groups is 1. The number of para-hydroxylation sites is 1. The van der Waals surface area contributed by atoms with Gasteiger partial charge in [-0.1, -0.05) is 18.2 Å². The molecule has 1 unspecified atom stereocenters. The second-order valence-corrected chi connectivity index (χ2v) is 10.6. The maximum atomic E-state index is 13.5. The van der Waals surface area contributed by atoms with E-state index in [1.165, 1.54) is 41.6 Å². The van der Waals surface area contributed by atoms with Crippen molar-refractivity contribution >= 4 is 41.0 Å². The average molecular weight is 570 g/mol. The van der Waals surface area contributed by atoms with Crippen molar-refractivity contribution in [1.82, 2.24) is 14.8 Å². The van der Waals surface area contributed by atoms with Crippen molar-refractivity contribution in [3.05, 3.63) is 84.2 Å². The Morgan fingerprint density at radius 2 is 1.62 bits per heavy atom. The largest absolute Gasteiger partial charge is 0.446 e. The van der Waals surface area contributed by atoms with E-state index < -0.39 is 23.5 Å². The molecule has 3 aromatic rings. The number of nitrogens with zero attached hydrogens (tertiary/aromatic N) is 5. The summed E-state index contributed by atoms with van der Waals surface area (Å²) in [6.45, 7) is 3.98. The lowest BCUT2D eigenvalue weighted by Gasteiger charge is -2.36. The summed E-state index contributed by atoms with van der Waals surface area (Å²) in [5.41, 5.74) is -2.26. The molecule has 1 aromatic heterocycles. The first kappa shape index (κ1) is 27.5. The Bertz CT molecular complexity index is 1400. The summed E-state index contributed by atoms with van der Waals surface area (Å²) in [6.07, 6.45) is 3.00. The number of carbonyl (C=O) groups excluding carboxylic acids is 3. The fraction of sp³-hybridized carbons (Fsp3) is 0.286. The van der Waals surface area contributed by atoms with Crippen molar-refractivity contribution in [3.63, 3.8) is 0 Å². The van der Waals surface area contributed by atoms with E-state index in [9.17, 15) is 27.6 Å². The van der Waals surface area contributed by atoms with Gasteiger partial charge >= 0.3 is 11.5 Å². The summed E-state index contributed by atoms with van der Waals surface area (Å²) < 4.78 is 38.0. The summed E-state index contributed by atoms with van der Waals surface area (Å²) in [4.78, 5) is 50.2. The summed E-state index contributed by atoms with van der Waals surface area (Å²) in [5.74, 6) is -0.698. The third-order valence-corrected chi connectivity index (χ3v) is 7.72. The van der Waals surface area contributed by atoms with Gasteiger partial charge in [-0.2, -0.15) is 13.2 Å². The highest BCUT2D eigenvalue weighted by molar-refractivity contribution is 8.00. The number of rotatable bonds is 6. The molecule has 12 heteroatoms. The van der Waals surface area contributed by atoms with E-state index in [2.05, 4.69) is 9.88 Å². The van der Waals surface area contributed by atoms with Gasteiger partial charge in [0, 0.05) is 55.7 Å². The minimum absolute atomic E-state index is 0.00216. The van der Waals surface area contributed by atoms with Crippen molar-refractivity contribution in [2.24, 2.45) is 0 Å². The zero-order chi connectivity index (χ0) is 28.4. The average Bonchev–Trinajstić information content (AvgIpc) is 3.16. The van der Waals surface area contributed by atoms with Gasteiger partial charge in [-0.25, -0.2) is 9.69 Å². The van der Waals surface area contributed by atoms with E-state index >= 15 is 0 Å². The number of carbonyl (C=O) groups is 3.